The van der Waals surface area contributed by atoms with Crippen molar-refractivity contribution in [3.05, 3.63) is 40.7 Å². The summed E-state index contributed by atoms with van der Waals surface area (Å²) < 4.78 is 12.5. The van der Waals surface area contributed by atoms with Gasteiger partial charge in [-0.3, -0.25) is 9.69 Å². The lowest BCUT2D eigenvalue weighted by atomic mass is 10.1. The largest absolute Gasteiger partial charge is 0.454 e. The SMILES string of the molecule is Cc1nc2nc(N)nn2c(C)c1CCC(=O)N1CCN(Cc2ccc3c(c2)OCO3)CC1. The molecule has 168 valence electrons. The highest BCUT2D eigenvalue weighted by Crippen LogP contribution is 2.32. The number of aryl methyl sites for hydroxylation is 2. The molecule has 0 atom stereocenters. The summed E-state index contributed by atoms with van der Waals surface area (Å²) in [6.07, 6.45) is 1.07. The van der Waals surface area contributed by atoms with E-state index in [0.717, 1.165) is 61.2 Å². The highest BCUT2D eigenvalue weighted by Gasteiger charge is 2.23. The zero-order chi connectivity index (χ0) is 22.2. The fraction of sp³-hybridized carbons (Fsp3) is 0.455. The number of amides is 1. The quantitative estimate of drug-likeness (QED) is 0.636. The van der Waals surface area contributed by atoms with Crippen LogP contribution >= 0.6 is 0 Å². The monoisotopic (exact) mass is 437 g/mol. The molecule has 2 aliphatic heterocycles. The third-order valence-electron chi connectivity index (χ3n) is 6.22. The molecule has 0 aliphatic carbocycles. The second-order valence-electron chi connectivity index (χ2n) is 8.29. The maximum atomic E-state index is 12.9. The zero-order valence-corrected chi connectivity index (χ0v) is 18.4. The fourth-order valence-electron chi connectivity index (χ4n) is 4.43. The number of nitrogen functional groups attached to an aromatic ring is 1. The number of fused-ring (bicyclic) bond motifs is 2. The van der Waals surface area contributed by atoms with Gasteiger partial charge in [0.15, 0.2) is 11.5 Å². The second-order valence-corrected chi connectivity index (χ2v) is 8.29. The van der Waals surface area contributed by atoms with E-state index in [1.165, 1.54) is 5.56 Å². The van der Waals surface area contributed by atoms with Crippen LogP contribution in [-0.2, 0) is 17.8 Å². The van der Waals surface area contributed by atoms with Gasteiger partial charge in [-0.25, -0.2) is 4.98 Å². The molecule has 0 spiro atoms. The number of carbonyl (C=O) groups excluding carboxylic acids is 1. The van der Waals surface area contributed by atoms with Crippen molar-refractivity contribution in [3.63, 3.8) is 0 Å². The summed E-state index contributed by atoms with van der Waals surface area (Å²) in [6.45, 7) is 8.20. The van der Waals surface area contributed by atoms with Crippen LogP contribution in [0, 0.1) is 13.8 Å². The Bertz CT molecular complexity index is 1170. The number of anilines is 1. The van der Waals surface area contributed by atoms with Crippen molar-refractivity contribution in [1.82, 2.24) is 29.4 Å². The molecule has 0 unspecified atom stereocenters. The van der Waals surface area contributed by atoms with E-state index in [1.54, 1.807) is 4.52 Å². The zero-order valence-electron chi connectivity index (χ0n) is 18.4. The number of benzene rings is 1. The Labute approximate surface area is 185 Å². The minimum atomic E-state index is 0.171. The maximum Gasteiger partial charge on any atom is 0.254 e. The average molecular weight is 438 g/mol. The summed E-state index contributed by atoms with van der Waals surface area (Å²) in [4.78, 5) is 25.8. The van der Waals surface area contributed by atoms with E-state index in [1.807, 2.05) is 30.9 Å². The summed E-state index contributed by atoms with van der Waals surface area (Å²) >= 11 is 0. The number of carbonyl (C=O) groups is 1. The van der Waals surface area contributed by atoms with Crippen molar-refractivity contribution < 1.29 is 14.3 Å². The number of rotatable bonds is 5. The number of nitrogens with zero attached hydrogens (tertiary/aromatic N) is 6. The third kappa shape index (κ3) is 3.93. The van der Waals surface area contributed by atoms with Gasteiger partial charge < -0.3 is 20.1 Å². The Morgan fingerprint density at radius 3 is 2.69 bits per heavy atom. The van der Waals surface area contributed by atoms with Gasteiger partial charge in [-0.15, -0.1) is 5.10 Å². The van der Waals surface area contributed by atoms with Crippen molar-refractivity contribution in [3.8, 4) is 11.5 Å². The van der Waals surface area contributed by atoms with Gasteiger partial charge in [0.05, 0.1) is 0 Å². The van der Waals surface area contributed by atoms with E-state index in [4.69, 9.17) is 15.2 Å². The van der Waals surface area contributed by atoms with E-state index >= 15 is 0 Å². The number of aromatic nitrogens is 4. The average Bonchev–Trinajstić information content (AvgIpc) is 3.39. The van der Waals surface area contributed by atoms with Gasteiger partial charge in [0.1, 0.15) is 0 Å². The summed E-state index contributed by atoms with van der Waals surface area (Å²) in [6, 6.07) is 6.07. The molecule has 0 bridgehead atoms. The molecular formula is C22H27N7O3. The van der Waals surface area contributed by atoms with Crippen molar-refractivity contribution in [2.75, 3.05) is 38.7 Å². The standard InChI is InChI=1S/C22H27N7O3/c1-14-17(15(2)29-22(24-14)25-21(23)26-29)4-6-20(30)28-9-7-27(8-10-28)12-16-3-5-18-19(11-16)32-13-31-18/h3,5,11H,4,6-10,12-13H2,1-2H3,(H2,23,26). The Morgan fingerprint density at radius 2 is 1.88 bits per heavy atom. The van der Waals surface area contributed by atoms with Crippen LogP contribution in [0.1, 0.15) is 28.9 Å². The molecule has 1 aromatic carbocycles. The van der Waals surface area contributed by atoms with Crippen LogP contribution in [0.2, 0.25) is 0 Å². The van der Waals surface area contributed by atoms with Gasteiger partial charge >= 0.3 is 0 Å². The van der Waals surface area contributed by atoms with Crippen LogP contribution in [0.25, 0.3) is 5.78 Å². The Morgan fingerprint density at radius 1 is 1.09 bits per heavy atom. The molecule has 0 radical (unpaired) electrons. The molecule has 4 heterocycles. The predicted octanol–water partition coefficient (Wildman–Crippen LogP) is 1.33. The first-order chi connectivity index (χ1) is 15.5. The Balaban J connectivity index is 1.15. The van der Waals surface area contributed by atoms with Crippen LogP contribution in [0.3, 0.4) is 0 Å². The van der Waals surface area contributed by atoms with E-state index in [0.29, 0.717) is 18.6 Å². The molecule has 1 amide bonds. The van der Waals surface area contributed by atoms with Crippen molar-refractivity contribution >= 4 is 17.6 Å². The van der Waals surface area contributed by atoms with Crippen molar-refractivity contribution in [2.45, 2.75) is 33.2 Å². The van der Waals surface area contributed by atoms with Crippen LogP contribution in [0.4, 0.5) is 5.95 Å². The third-order valence-corrected chi connectivity index (χ3v) is 6.22. The molecule has 1 saturated heterocycles. The minimum Gasteiger partial charge on any atom is -0.454 e. The fourth-order valence-corrected chi connectivity index (χ4v) is 4.43. The Hall–Kier alpha value is -3.40. The van der Waals surface area contributed by atoms with Gasteiger partial charge in [0.25, 0.3) is 5.78 Å². The summed E-state index contributed by atoms with van der Waals surface area (Å²) in [5.41, 5.74) is 9.71. The van der Waals surface area contributed by atoms with E-state index < -0.39 is 0 Å². The predicted molar refractivity (Wildman–Crippen MR) is 117 cm³/mol. The molecule has 2 N–H and O–H groups in total. The lowest BCUT2D eigenvalue weighted by Gasteiger charge is -2.35. The number of ether oxygens (including phenoxy) is 2. The number of hydrogen-bond acceptors (Lipinski definition) is 8. The molecule has 0 saturated carbocycles. The summed E-state index contributed by atoms with van der Waals surface area (Å²) in [7, 11) is 0. The van der Waals surface area contributed by atoms with Gasteiger partial charge in [-0.1, -0.05) is 6.07 Å². The van der Waals surface area contributed by atoms with Crippen molar-refractivity contribution in [1.29, 1.82) is 0 Å². The molecule has 5 rings (SSSR count). The smallest absolute Gasteiger partial charge is 0.254 e. The van der Waals surface area contributed by atoms with Crippen LogP contribution in [0.5, 0.6) is 11.5 Å². The first-order valence-electron chi connectivity index (χ1n) is 10.8. The maximum absolute atomic E-state index is 12.9. The molecule has 2 aromatic heterocycles. The summed E-state index contributed by atoms with van der Waals surface area (Å²) in [5.74, 6) is 2.47. The molecule has 2 aliphatic rings. The van der Waals surface area contributed by atoms with Gasteiger partial charge in [0.2, 0.25) is 18.6 Å². The van der Waals surface area contributed by atoms with E-state index in [2.05, 4.69) is 26.0 Å². The number of nitrogens with two attached hydrogens (primary N) is 1. The first-order valence-corrected chi connectivity index (χ1v) is 10.8. The lowest BCUT2D eigenvalue weighted by molar-refractivity contribution is -0.133. The number of hydrogen-bond donors (Lipinski definition) is 1. The normalized spacial score (nSPS) is 16.1. The Kier molecular flexibility index (Phi) is 5.30. The van der Waals surface area contributed by atoms with E-state index in [9.17, 15) is 4.79 Å². The molecular weight excluding hydrogens is 410 g/mol. The van der Waals surface area contributed by atoms with Gasteiger partial charge in [-0.2, -0.15) is 9.50 Å². The molecule has 10 nitrogen and oxygen atoms in total. The molecule has 1 fully saturated rings. The highest BCUT2D eigenvalue weighted by atomic mass is 16.7. The highest BCUT2D eigenvalue weighted by molar-refractivity contribution is 5.76. The molecule has 32 heavy (non-hydrogen) atoms. The first kappa shape index (κ1) is 20.5. The molecule has 3 aromatic rings. The van der Waals surface area contributed by atoms with Gasteiger partial charge in [-0.05, 0) is 43.5 Å². The van der Waals surface area contributed by atoms with Crippen LogP contribution in [-0.4, -0.2) is 68.3 Å². The lowest BCUT2D eigenvalue weighted by Crippen LogP contribution is -2.48. The van der Waals surface area contributed by atoms with Gasteiger partial charge in [0, 0.05) is 50.5 Å². The van der Waals surface area contributed by atoms with E-state index in [-0.39, 0.29) is 18.6 Å². The van der Waals surface area contributed by atoms with Crippen molar-refractivity contribution in [2.24, 2.45) is 0 Å². The topological polar surface area (TPSA) is 111 Å². The minimum absolute atomic E-state index is 0.171. The van der Waals surface area contributed by atoms with Crippen LogP contribution in [0.15, 0.2) is 18.2 Å². The van der Waals surface area contributed by atoms with Crippen LogP contribution < -0.4 is 15.2 Å². The number of piperazine rings is 1. The summed E-state index contributed by atoms with van der Waals surface area (Å²) in [5, 5.41) is 4.20. The molecule has 10 heteroatoms. The second kappa shape index (κ2) is 8.27.